The van der Waals surface area contributed by atoms with E-state index in [2.05, 4.69) is 5.32 Å². The maximum Gasteiger partial charge on any atom is 0.490 e. The molecule has 22 heavy (non-hydrogen) atoms. The van der Waals surface area contributed by atoms with Gasteiger partial charge < -0.3 is 20.5 Å². The maximum absolute atomic E-state index is 12.0. The summed E-state index contributed by atoms with van der Waals surface area (Å²) in [5, 5.41) is 30.1. The highest BCUT2D eigenvalue weighted by atomic mass is 35.5. The topological polar surface area (TPSA) is 110 Å². The van der Waals surface area contributed by atoms with E-state index in [0.717, 1.165) is 11.0 Å². The van der Waals surface area contributed by atoms with Crippen molar-refractivity contribution in [2.45, 2.75) is 0 Å². The Morgan fingerprint density at radius 2 is 1.86 bits per heavy atom. The van der Waals surface area contributed by atoms with Gasteiger partial charge in [-0.25, -0.2) is 0 Å². The minimum atomic E-state index is -1.81. The number of imide groups is 1. The summed E-state index contributed by atoms with van der Waals surface area (Å²) in [6.07, 6.45) is 1.07. The zero-order valence-electron chi connectivity index (χ0n) is 11.1. The fourth-order valence-electron chi connectivity index (χ4n) is 1.91. The first-order valence-corrected chi connectivity index (χ1v) is 6.91. The number of hydrogen-bond acceptors (Lipinski definition) is 6. The molecular weight excluding hydrogens is 334 g/mol. The summed E-state index contributed by atoms with van der Waals surface area (Å²) >= 11 is 11.8. The van der Waals surface area contributed by atoms with Gasteiger partial charge in [-0.2, -0.15) is 0 Å². The number of nitrogens with zero attached hydrogens (tertiary/aromatic N) is 1. The Kier molecular flexibility index (Phi) is 5.10. The molecule has 2 amide bonds. The number of rotatable bonds is 5. The first-order chi connectivity index (χ1) is 10.3. The molecule has 4 N–H and O–H groups in total. The van der Waals surface area contributed by atoms with Gasteiger partial charge in [0.2, 0.25) is 0 Å². The Bertz CT molecular complexity index is 665. The highest BCUT2D eigenvalue weighted by molar-refractivity contribution is 6.63. The Labute approximate surface area is 135 Å². The van der Waals surface area contributed by atoms with E-state index in [1.54, 1.807) is 0 Å². The van der Waals surface area contributed by atoms with Gasteiger partial charge in [-0.05, 0) is 12.1 Å². The van der Waals surface area contributed by atoms with Gasteiger partial charge in [-0.3, -0.25) is 14.5 Å². The van der Waals surface area contributed by atoms with E-state index < -0.39 is 18.9 Å². The molecule has 1 aliphatic heterocycles. The van der Waals surface area contributed by atoms with Gasteiger partial charge in [-0.1, -0.05) is 23.2 Å². The van der Waals surface area contributed by atoms with Crippen molar-refractivity contribution >= 4 is 53.3 Å². The number of hydrogen-bond donors (Lipinski definition) is 4. The van der Waals surface area contributed by atoms with E-state index >= 15 is 0 Å². The van der Waals surface area contributed by atoms with Crippen LogP contribution in [0.2, 0.25) is 10.0 Å². The van der Waals surface area contributed by atoms with Crippen LogP contribution in [0.3, 0.4) is 0 Å². The number of aliphatic hydroxyl groups is 1. The summed E-state index contributed by atoms with van der Waals surface area (Å²) < 4.78 is 0. The van der Waals surface area contributed by atoms with Crippen LogP contribution in [0, 0.1) is 0 Å². The van der Waals surface area contributed by atoms with Crippen LogP contribution >= 0.6 is 23.2 Å². The van der Waals surface area contributed by atoms with Gasteiger partial charge in [0.15, 0.2) is 0 Å². The Hall–Kier alpha value is -1.58. The fourth-order valence-corrected chi connectivity index (χ4v) is 2.44. The molecule has 0 spiro atoms. The van der Waals surface area contributed by atoms with Gasteiger partial charge in [0.05, 0.1) is 23.9 Å². The number of β-amino-alcohol motifs (C(OH)–C–C–N with tert-alkyl or cyclic N) is 1. The molecule has 1 aliphatic rings. The van der Waals surface area contributed by atoms with Crippen molar-refractivity contribution in [1.82, 2.24) is 4.90 Å². The van der Waals surface area contributed by atoms with Gasteiger partial charge in [0.1, 0.15) is 5.70 Å². The van der Waals surface area contributed by atoms with Gasteiger partial charge in [0, 0.05) is 16.6 Å². The molecule has 0 saturated heterocycles. The number of carbonyl (C=O) groups is 2. The average Bonchev–Trinajstić information content (AvgIpc) is 2.69. The Morgan fingerprint density at radius 1 is 1.18 bits per heavy atom. The molecule has 7 nitrogen and oxygen atoms in total. The van der Waals surface area contributed by atoms with Crippen LogP contribution in [-0.4, -0.2) is 52.1 Å². The zero-order valence-corrected chi connectivity index (χ0v) is 12.6. The lowest BCUT2D eigenvalue weighted by molar-refractivity contribution is -0.137. The SMILES string of the molecule is O=C1C=C(Nc2cc(B(O)O)c(Cl)cc2Cl)C(=O)N1CCO. The molecule has 0 fully saturated rings. The number of aliphatic hydroxyl groups excluding tert-OH is 1. The number of nitrogens with one attached hydrogen (secondary N) is 1. The van der Waals surface area contributed by atoms with Crippen molar-refractivity contribution in [3.05, 3.63) is 34.0 Å². The number of halogens is 2. The molecule has 10 heteroatoms. The fraction of sp³-hybridized carbons (Fsp3) is 0.167. The first kappa shape index (κ1) is 16.8. The number of anilines is 1. The van der Waals surface area contributed by atoms with Crippen molar-refractivity contribution in [1.29, 1.82) is 0 Å². The van der Waals surface area contributed by atoms with Crippen molar-refractivity contribution in [3.8, 4) is 0 Å². The number of amides is 2. The van der Waals surface area contributed by atoms with Crippen LogP contribution in [-0.2, 0) is 9.59 Å². The van der Waals surface area contributed by atoms with E-state index in [9.17, 15) is 19.6 Å². The van der Waals surface area contributed by atoms with E-state index in [0.29, 0.717) is 0 Å². The van der Waals surface area contributed by atoms with Crippen LogP contribution in [0.4, 0.5) is 5.69 Å². The summed E-state index contributed by atoms with van der Waals surface area (Å²) in [5.41, 5.74) is 0.145. The van der Waals surface area contributed by atoms with Crippen LogP contribution < -0.4 is 10.8 Å². The van der Waals surface area contributed by atoms with E-state index in [1.807, 2.05) is 0 Å². The van der Waals surface area contributed by atoms with Gasteiger partial charge in [0.25, 0.3) is 11.8 Å². The molecule has 0 atom stereocenters. The molecule has 0 aliphatic carbocycles. The summed E-state index contributed by atoms with van der Waals surface area (Å²) in [6.45, 7) is -0.463. The molecule has 0 unspecified atom stereocenters. The van der Waals surface area contributed by atoms with Crippen molar-refractivity contribution in [3.63, 3.8) is 0 Å². The van der Waals surface area contributed by atoms with Crippen LogP contribution in [0.1, 0.15) is 0 Å². The second kappa shape index (κ2) is 6.68. The lowest BCUT2D eigenvalue weighted by Crippen LogP contribution is -2.34. The van der Waals surface area contributed by atoms with Crippen LogP contribution in [0.5, 0.6) is 0 Å². The molecule has 1 aromatic carbocycles. The number of benzene rings is 1. The molecule has 0 radical (unpaired) electrons. The largest absolute Gasteiger partial charge is 0.490 e. The maximum atomic E-state index is 12.0. The number of carbonyl (C=O) groups excluding carboxylic acids is 2. The lowest BCUT2D eigenvalue weighted by Gasteiger charge is -2.15. The molecular formula is C12H11BCl2N2O5. The van der Waals surface area contributed by atoms with Crippen molar-refractivity contribution in [2.75, 3.05) is 18.5 Å². The van der Waals surface area contributed by atoms with E-state index in [4.69, 9.17) is 28.3 Å². The first-order valence-electron chi connectivity index (χ1n) is 6.15. The third-order valence-corrected chi connectivity index (χ3v) is 3.61. The summed E-state index contributed by atoms with van der Waals surface area (Å²) in [7, 11) is -1.81. The molecule has 1 aromatic rings. The minimum Gasteiger partial charge on any atom is -0.423 e. The predicted octanol–water partition coefficient (Wildman–Crippen LogP) is -0.670. The summed E-state index contributed by atoms with van der Waals surface area (Å²) in [6, 6.07) is 2.55. The van der Waals surface area contributed by atoms with Crippen molar-refractivity contribution < 1.29 is 24.7 Å². The van der Waals surface area contributed by atoms with Crippen LogP contribution in [0.15, 0.2) is 23.9 Å². The second-order valence-corrected chi connectivity index (χ2v) is 5.24. The highest BCUT2D eigenvalue weighted by Gasteiger charge is 2.31. The van der Waals surface area contributed by atoms with Crippen molar-refractivity contribution in [2.24, 2.45) is 0 Å². The molecule has 0 bridgehead atoms. The Morgan fingerprint density at radius 3 is 2.45 bits per heavy atom. The molecule has 1 heterocycles. The van der Waals surface area contributed by atoms with Gasteiger partial charge >= 0.3 is 7.12 Å². The standard InChI is InChI=1S/C12H11BCl2N2O5/c14-7-4-8(15)9(3-6(7)13(21)22)16-10-5-11(19)17(1-2-18)12(10)20/h3-5,16,18,21-22H,1-2H2. The smallest absolute Gasteiger partial charge is 0.423 e. The zero-order chi connectivity index (χ0) is 16.4. The second-order valence-electron chi connectivity index (χ2n) is 4.43. The van der Waals surface area contributed by atoms with Crippen LogP contribution in [0.25, 0.3) is 0 Å². The lowest BCUT2D eigenvalue weighted by atomic mass is 9.80. The molecule has 0 saturated carbocycles. The monoisotopic (exact) mass is 344 g/mol. The third kappa shape index (κ3) is 3.26. The van der Waals surface area contributed by atoms with E-state index in [1.165, 1.54) is 12.1 Å². The Balaban J connectivity index is 2.28. The normalized spacial score (nSPS) is 14.4. The molecule has 2 rings (SSSR count). The average molecular weight is 345 g/mol. The summed E-state index contributed by atoms with van der Waals surface area (Å²) in [4.78, 5) is 24.5. The quantitative estimate of drug-likeness (QED) is 0.416. The minimum absolute atomic E-state index is 0.00171. The highest BCUT2D eigenvalue weighted by Crippen LogP contribution is 2.27. The van der Waals surface area contributed by atoms with E-state index in [-0.39, 0.29) is 40.0 Å². The molecule has 0 aromatic heterocycles. The summed E-state index contributed by atoms with van der Waals surface area (Å²) in [5.74, 6) is -1.18. The third-order valence-electron chi connectivity index (χ3n) is 2.97. The molecule has 116 valence electrons. The predicted molar refractivity (Wildman–Crippen MR) is 81.8 cm³/mol. The van der Waals surface area contributed by atoms with Gasteiger partial charge in [-0.15, -0.1) is 0 Å².